The van der Waals surface area contributed by atoms with Gasteiger partial charge in [-0.1, -0.05) is 29.8 Å². The minimum Gasteiger partial charge on any atom is -0.326 e. The van der Waals surface area contributed by atoms with Crippen LogP contribution in [0.2, 0.25) is 5.02 Å². The fraction of sp³-hybridized carbons (Fsp3) is 0.130. The molecular formula is C23H20ClN5O2. The molecule has 4 aromatic rings. The number of halogens is 1. The highest BCUT2D eigenvalue weighted by molar-refractivity contribution is 6.31. The van der Waals surface area contributed by atoms with E-state index in [2.05, 4.69) is 15.4 Å². The maximum absolute atomic E-state index is 12.5. The molecule has 156 valence electrons. The number of carbonyl (C=O) groups excluding carboxylic acids is 2. The number of fused-ring (bicyclic) bond motifs is 1. The van der Waals surface area contributed by atoms with Gasteiger partial charge in [0.25, 0.3) is 0 Å². The summed E-state index contributed by atoms with van der Waals surface area (Å²) in [5.74, 6) is -0.00551. The molecule has 0 spiro atoms. The first-order valence-corrected chi connectivity index (χ1v) is 10.0. The molecule has 0 saturated heterocycles. The van der Waals surface area contributed by atoms with E-state index in [1.165, 1.54) is 11.8 Å². The van der Waals surface area contributed by atoms with Crippen molar-refractivity contribution in [1.29, 1.82) is 0 Å². The van der Waals surface area contributed by atoms with Gasteiger partial charge in [0.05, 0.1) is 23.8 Å². The van der Waals surface area contributed by atoms with Crippen LogP contribution in [-0.4, -0.2) is 26.6 Å². The molecule has 2 aromatic heterocycles. The summed E-state index contributed by atoms with van der Waals surface area (Å²) in [5, 5.41) is 8.61. The third kappa shape index (κ3) is 4.41. The van der Waals surface area contributed by atoms with Gasteiger partial charge < -0.3 is 5.32 Å². The number of hydrogen-bond acceptors (Lipinski definition) is 4. The standard InChI is InChI=1S/C23H20ClN5O2/c1-15(30)29(19-8-7-17-14-26-28(2)21(17)13-19)22-12-18(9-10-25-22)27-23(31)11-16-5-3-4-6-20(16)24/h3-10,12-14H,11H2,1-2H3,(H,25,27,31). The Morgan fingerprint density at radius 3 is 2.71 bits per heavy atom. The molecule has 7 nitrogen and oxygen atoms in total. The van der Waals surface area contributed by atoms with Crippen molar-refractivity contribution in [3.63, 3.8) is 0 Å². The van der Waals surface area contributed by atoms with Crippen LogP contribution in [0.25, 0.3) is 10.9 Å². The highest BCUT2D eigenvalue weighted by Gasteiger charge is 2.18. The van der Waals surface area contributed by atoms with Crippen LogP contribution in [0.1, 0.15) is 12.5 Å². The van der Waals surface area contributed by atoms with Gasteiger partial charge in [-0.2, -0.15) is 5.10 Å². The van der Waals surface area contributed by atoms with Crippen molar-refractivity contribution in [1.82, 2.24) is 14.8 Å². The number of hydrogen-bond donors (Lipinski definition) is 1. The molecule has 0 radical (unpaired) electrons. The first kappa shape index (κ1) is 20.6. The molecule has 0 aliphatic heterocycles. The molecular weight excluding hydrogens is 414 g/mol. The Balaban J connectivity index is 1.60. The second-order valence-electron chi connectivity index (χ2n) is 7.08. The SMILES string of the molecule is CC(=O)N(c1ccc2cnn(C)c2c1)c1cc(NC(=O)Cc2ccccc2Cl)ccn1. The average molecular weight is 434 g/mol. The molecule has 1 N–H and O–H groups in total. The van der Waals surface area contributed by atoms with Crippen molar-refractivity contribution in [3.8, 4) is 0 Å². The van der Waals surface area contributed by atoms with Crippen molar-refractivity contribution in [2.75, 3.05) is 10.2 Å². The van der Waals surface area contributed by atoms with Crippen LogP contribution in [0, 0.1) is 0 Å². The van der Waals surface area contributed by atoms with Gasteiger partial charge in [0.1, 0.15) is 5.82 Å². The maximum Gasteiger partial charge on any atom is 0.229 e. The summed E-state index contributed by atoms with van der Waals surface area (Å²) in [6, 6.07) is 16.2. The summed E-state index contributed by atoms with van der Waals surface area (Å²) in [5.41, 5.74) is 2.84. The fourth-order valence-corrected chi connectivity index (χ4v) is 3.59. The molecule has 4 rings (SSSR count). The number of aromatic nitrogens is 3. The van der Waals surface area contributed by atoms with Crippen LogP contribution in [0.4, 0.5) is 17.2 Å². The van der Waals surface area contributed by atoms with E-state index in [9.17, 15) is 9.59 Å². The van der Waals surface area contributed by atoms with Gasteiger partial charge in [-0.05, 0) is 35.9 Å². The Morgan fingerprint density at radius 1 is 1.13 bits per heavy atom. The molecule has 0 saturated carbocycles. The summed E-state index contributed by atoms with van der Waals surface area (Å²) < 4.78 is 1.75. The maximum atomic E-state index is 12.5. The lowest BCUT2D eigenvalue weighted by atomic mass is 10.1. The van der Waals surface area contributed by atoms with Crippen LogP contribution in [0.15, 0.2) is 67.0 Å². The van der Waals surface area contributed by atoms with Crippen LogP contribution >= 0.6 is 11.6 Å². The number of nitrogens with zero attached hydrogens (tertiary/aromatic N) is 4. The van der Waals surface area contributed by atoms with Gasteiger partial charge in [-0.15, -0.1) is 0 Å². The first-order valence-electron chi connectivity index (χ1n) is 9.64. The fourth-order valence-electron chi connectivity index (χ4n) is 3.39. The Kier molecular flexibility index (Phi) is 5.68. The lowest BCUT2D eigenvalue weighted by molar-refractivity contribution is -0.116. The Morgan fingerprint density at radius 2 is 1.94 bits per heavy atom. The zero-order valence-corrected chi connectivity index (χ0v) is 17.8. The largest absolute Gasteiger partial charge is 0.326 e. The average Bonchev–Trinajstić information content (AvgIpc) is 3.10. The number of benzene rings is 2. The van der Waals surface area contributed by atoms with Crippen molar-refractivity contribution in [2.45, 2.75) is 13.3 Å². The number of anilines is 3. The lowest BCUT2D eigenvalue weighted by Gasteiger charge is -2.21. The van der Waals surface area contributed by atoms with Crippen molar-refractivity contribution in [3.05, 3.63) is 77.6 Å². The lowest BCUT2D eigenvalue weighted by Crippen LogP contribution is -2.24. The molecule has 0 unspecified atom stereocenters. The van der Waals surface area contributed by atoms with Crippen molar-refractivity contribution in [2.24, 2.45) is 7.05 Å². The van der Waals surface area contributed by atoms with Crippen LogP contribution in [-0.2, 0) is 23.1 Å². The zero-order chi connectivity index (χ0) is 22.0. The predicted molar refractivity (Wildman–Crippen MR) is 122 cm³/mol. The molecule has 2 heterocycles. The molecule has 31 heavy (non-hydrogen) atoms. The molecule has 0 atom stereocenters. The zero-order valence-electron chi connectivity index (χ0n) is 17.0. The van der Waals surface area contributed by atoms with Gasteiger partial charge in [0, 0.05) is 42.3 Å². The van der Waals surface area contributed by atoms with E-state index in [0.717, 1.165) is 16.5 Å². The summed E-state index contributed by atoms with van der Waals surface area (Å²) in [4.78, 5) is 30.8. The second-order valence-corrected chi connectivity index (χ2v) is 7.49. The molecule has 8 heteroatoms. The topological polar surface area (TPSA) is 80.1 Å². The number of aryl methyl sites for hydroxylation is 1. The number of rotatable bonds is 5. The van der Waals surface area contributed by atoms with E-state index in [1.54, 1.807) is 35.3 Å². The number of carbonyl (C=O) groups is 2. The van der Waals surface area contributed by atoms with Crippen LogP contribution in [0.3, 0.4) is 0 Å². The number of amides is 2. The summed E-state index contributed by atoms with van der Waals surface area (Å²) in [7, 11) is 1.84. The van der Waals surface area contributed by atoms with Crippen LogP contribution in [0.5, 0.6) is 0 Å². The van der Waals surface area contributed by atoms with Crippen molar-refractivity contribution >= 4 is 51.5 Å². The van der Waals surface area contributed by atoms with E-state index >= 15 is 0 Å². The smallest absolute Gasteiger partial charge is 0.229 e. The van der Waals surface area contributed by atoms with Gasteiger partial charge in [0.15, 0.2) is 0 Å². The summed E-state index contributed by atoms with van der Waals surface area (Å²) in [6.45, 7) is 1.47. The third-order valence-corrected chi connectivity index (χ3v) is 5.24. The minimum absolute atomic E-state index is 0.144. The molecule has 0 fully saturated rings. The minimum atomic E-state index is -0.212. The summed E-state index contributed by atoms with van der Waals surface area (Å²) >= 11 is 6.14. The second kappa shape index (κ2) is 8.57. The Bertz CT molecular complexity index is 1280. The molecule has 2 amide bonds. The molecule has 0 aliphatic rings. The normalized spacial score (nSPS) is 10.8. The quantitative estimate of drug-likeness (QED) is 0.503. The predicted octanol–water partition coefficient (Wildman–Crippen LogP) is 4.49. The molecule has 2 aromatic carbocycles. The van der Waals surface area contributed by atoms with Gasteiger partial charge in [-0.3, -0.25) is 19.2 Å². The van der Waals surface area contributed by atoms with Crippen LogP contribution < -0.4 is 10.2 Å². The monoisotopic (exact) mass is 433 g/mol. The van der Waals surface area contributed by atoms with E-state index in [1.807, 2.05) is 43.4 Å². The highest BCUT2D eigenvalue weighted by atomic mass is 35.5. The van der Waals surface area contributed by atoms with E-state index in [0.29, 0.717) is 22.2 Å². The van der Waals surface area contributed by atoms with Gasteiger partial charge in [-0.25, -0.2) is 4.98 Å². The van der Waals surface area contributed by atoms with E-state index in [-0.39, 0.29) is 18.2 Å². The Labute approximate surface area is 184 Å². The molecule has 0 bridgehead atoms. The number of pyridine rings is 1. The molecule has 0 aliphatic carbocycles. The summed E-state index contributed by atoms with van der Waals surface area (Å²) in [6.07, 6.45) is 3.47. The van der Waals surface area contributed by atoms with E-state index < -0.39 is 0 Å². The van der Waals surface area contributed by atoms with Gasteiger partial charge in [0.2, 0.25) is 11.8 Å². The number of nitrogens with one attached hydrogen (secondary N) is 1. The van der Waals surface area contributed by atoms with Crippen molar-refractivity contribution < 1.29 is 9.59 Å². The first-order chi connectivity index (χ1) is 14.9. The highest BCUT2D eigenvalue weighted by Crippen LogP contribution is 2.29. The van der Waals surface area contributed by atoms with E-state index in [4.69, 9.17) is 11.6 Å². The Hall–Kier alpha value is -3.71. The third-order valence-electron chi connectivity index (χ3n) is 4.87. The van der Waals surface area contributed by atoms with Gasteiger partial charge >= 0.3 is 0 Å².